The van der Waals surface area contributed by atoms with Crippen LogP contribution < -0.4 is 5.73 Å². The number of carbonyl (C=O) groups is 1. The number of aliphatic hydroxyl groups is 3. The van der Waals surface area contributed by atoms with Crippen molar-refractivity contribution in [3.05, 3.63) is 0 Å². The third-order valence-electron chi connectivity index (χ3n) is 1.32. The van der Waals surface area contributed by atoms with Crippen molar-refractivity contribution < 1.29 is 20.1 Å². The topological polar surface area (TPSA) is 104 Å². The second kappa shape index (κ2) is 5.20. The molecule has 0 saturated carbocycles. The third kappa shape index (κ3) is 4.05. The zero-order valence-corrected chi connectivity index (χ0v) is 6.05. The van der Waals surface area contributed by atoms with E-state index in [4.69, 9.17) is 21.1 Å². The maximum atomic E-state index is 9.97. The van der Waals surface area contributed by atoms with Crippen molar-refractivity contribution in [2.75, 3.05) is 6.61 Å². The van der Waals surface area contributed by atoms with Gasteiger partial charge in [0, 0.05) is 0 Å². The molecule has 0 radical (unpaired) electrons. The lowest BCUT2D eigenvalue weighted by molar-refractivity contribution is -0.110. The fourth-order valence-corrected chi connectivity index (χ4v) is 0.613. The van der Waals surface area contributed by atoms with Crippen LogP contribution in [-0.2, 0) is 4.79 Å². The smallest absolute Gasteiger partial charge is 0.136 e. The molecule has 0 aliphatic carbocycles. The first-order valence-electron chi connectivity index (χ1n) is 3.29. The minimum Gasteiger partial charge on any atom is -0.394 e. The van der Waals surface area contributed by atoms with Crippen molar-refractivity contribution in [2.45, 2.75) is 24.7 Å². The van der Waals surface area contributed by atoms with Gasteiger partial charge >= 0.3 is 0 Å². The lowest BCUT2D eigenvalue weighted by Gasteiger charge is -2.16. The first-order chi connectivity index (χ1) is 5.11. The molecule has 3 atom stereocenters. The molecular formula is C6H13NO4. The summed E-state index contributed by atoms with van der Waals surface area (Å²) in [5, 5.41) is 26.1. The lowest BCUT2D eigenvalue weighted by Crippen LogP contribution is -2.36. The van der Waals surface area contributed by atoms with Gasteiger partial charge in [0.15, 0.2) is 0 Å². The molecule has 0 aromatic rings. The molecule has 0 rings (SSSR count). The largest absolute Gasteiger partial charge is 0.394 e. The molecule has 0 bridgehead atoms. The standard InChI is InChI=1S/C6H13NO4/c7-4(2-8)1-5(10)6(11)3-9/h2,4-6,9-11H,1,3,7H2/t4-,5+,6-/m1/s1. The summed E-state index contributed by atoms with van der Waals surface area (Å²) in [5.74, 6) is 0. The number of hydrogen-bond acceptors (Lipinski definition) is 5. The number of carbonyl (C=O) groups excluding carboxylic acids is 1. The monoisotopic (exact) mass is 163 g/mol. The molecule has 0 aliphatic rings. The van der Waals surface area contributed by atoms with Gasteiger partial charge in [-0.05, 0) is 6.42 Å². The molecule has 0 unspecified atom stereocenters. The summed E-state index contributed by atoms with van der Waals surface area (Å²) in [7, 11) is 0. The second-order valence-corrected chi connectivity index (χ2v) is 2.35. The van der Waals surface area contributed by atoms with Crippen LogP contribution in [0.4, 0.5) is 0 Å². The minimum atomic E-state index is -1.22. The molecule has 0 amide bonds. The van der Waals surface area contributed by atoms with Crippen molar-refractivity contribution >= 4 is 6.29 Å². The molecule has 0 fully saturated rings. The summed E-state index contributed by atoms with van der Waals surface area (Å²) in [4.78, 5) is 9.97. The Morgan fingerprint density at radius 3 is 2.27 bits per heavy atom. The maximum absolute atomic E-state index is 9.97. The van der Waals surface area contributed by atoms with Gasteiger partial charge in [-0.25, -0.2) is 0 Å². The highest BCUT2D eigenvalue weighted by Crippen LogP contribution is 1.99. The van der Waals surface area contributed by atoms with Crippen LogP contribution in [0.2, 0.25) is 0 Å². The molecule has 5 heteroatoms. The maximum Gasteiger partial charge on any atom is 0.136 e. The molecule has 0 saturated heterocycles. The van der Waals surface area contributed by atoms with Crippen molar-refractivity contribution in [1.29, 1.82) is 0 Å². The van der Waals surface area contributed by atoms with Crippen molar-refractivity contribution in [1.82, 2.24) is 0 Å². The molecular weight excluding hydrogens is 150 g/mol. The summed E-state index contributed by atoms with van der Waals surface area (Å²) < 4.78 is 0. The third-order valence-corrected chi connectivity index (χ3v) is 1.32. The predicted octanol–water partition coefficient (Wildman–Crippen LogP) is -2.38. The number of aldehydes is 1. The number of hydrogen-bond donors (Lipinski definition) is 4. The zero-order chi connectivity index (χ0) is 8.85. The lowest BCUT2D eigenvalue weighted by atomic mass is 10.1. The second-order valence-electron chi connectivity index (χ2n) is 2.35. The van der Waals surface area contributed by atoms with Gasteiger partial charge in [0.2, 0.25) is 0 Å². The van der Waals surface area contributed by atoms with Crippen molar-refractivity contribution in [3.8, 4) is 0 Å². The van der Waals surface area contributed by atoms with Crippen molar-refractivity contribution in [3.63, 3.8) is 0 Å². The van der Waals surface area contributed by atoms with Gasteiger partial charge in [-0.3, -0.25) is 0 Å². The predicted molar refractivity (Wildman–Crippen MR) is 37.8 cm³/mol. The van der Waals surface area contributed by atoms with E-state index in [2.05, 4.69) is 0 Å². The first-order valence-corrected chi connectivity index (χ1v) is 3.29. The van der Waals surface area contributed by atoms with E-state index in [1.807, 2.05) is 0 Å². The Hall–Kier alpha value is -0.490. The van der Waals surface area contributed by atoms with Crippen LogP contribution in [0.5, 0.6) is 0 Å². The Bertz CT molecular complexity index is 119. The number of nitrogens with two attached hydrogens (primary N) is 1. The van der Waals surface area contributed by atoms with E-state index >= 15 is 0 Å². The summed E-state index contributed by atoms with van der Waals surface area (Å²) in [6.07, 6.45) is -1.92. The normalized spacial score (nSPS) is 18.9. The van der Waals surface area contributed by atoms with Crippen LogP contribution >= 0.6 is 0 Å². The van der Waals surface area contributed by atoms with Crippen LogP contribution in [0, 0.1) is 0 Å². The van der Waals surface area contributed by atoms with Crippen LogP contribution in [-0.4, -0.2) is 46.5 Å². The fourth-order valence-electron chi connectivity index (χ4n) is 0.613. The summed E-state index contributed by atoms with van der Waals surface area (Å²) >= 11 is 0. The molecule has 0 aromatic carbocycles. The van der Waals surface area contributed by atoms with Gasteiger partial charge in [0.05, 0.1) is 18.8 Å². The first kappa shape index (κ1) is 10.5. The molecule has 5 N–H and O–H groups in total. The van der Waals surface area contributed by atoms with E-state index in [-0.39, 0.29) is 6.42 Å². The van der Waals surface area contributed by atoms with Gasteiger partial charge in [-0.2, -0.15) is 0 Å². The fraction of sp³-hybridized carbons (Fsp3) is 0.833. The zero-order valence-electron chi connectivity index (χ0n) is 6.05. The van der Waals surface area contributed by atoms with E-state index < -0.39 is 24.9 Å². The van der Waals surface area contributed by atoms with Gasteiger partial charge in [-0.15, -0.1) is 0 Å². The van der Waals surface area contributed by atoms with Gasteiger partial charge in [-0.1, -0.05) is 0 Å². The Morgan fingerprint density at radius 2 is 1.91 bits per heavy atom. The number of aliphatic hydroxyl groups excluding tert-OH is 3. The van der Waals surface area contributed by atoms with Gasteiger partial charge < -0.3 is 25.8 Å². The SMILES string of the molecule is N[C@@H](C=O)C[C@H](O)[C@H](O)CO. The van der Waals surface area contributed by atoms with E-state index in [0.29, 0.717) is 6.29 Å². The quantitative estimate of drug-likeness (QED) is 0.339. The molecule has 5 nitrogen and oxygen atoms in total. The average Bonchev–Trinajstić information content (AvgIpc) is 2.02. The highest BCUT2D eigenvalue weighted by Gasteiger charge is 2.17. The van der Waals surface area contributed by atoms with Gasteiger partial charge in [0.25, 0.3) is 0 Å². The van der Waals surface area contributed by atoms with E-state index in [1.54, 1.807) is 0 Å². The van der Waals surface area contributed by atoms with Gasteiger partial charge in [0.1, 0.15) is 12.4 Å². The average molecular weight is 163 g/mol. The summed E-state index contributed by atoms with van der Waals surface area (Å²) in [5.41, 5.74) is 5.15. The van der Waals surface area contributed by atoms with E-state index in [1.165, 1.54) is 0 Å². The van der Waals surface area contributed by atoms with Crippen LogP contribution in [0.1, 0.15) is 6.42 Å². The minimum absolute atomic E-state index is 0.0365. The van der Waals surface area contributed by atoms with Crippen molar-refractivity contribution in [2.24, 2.45) is 5.73 Å². The van der Waals surface area contributed by atoms with Crippen LogP contribution in [0.25, 0.3) is 0 Å². The number of rotatable bonds is 5. The molecule has 0 aliphatic heterocycles. The van der Waals surface area contributed by atoms with Crippen LogP contribution in [0.3, 0.4) is 0 Å². The summed E-state index contributed by atoms with van der Waals surface area (Å²) in [6.45, 7) is -0.535. The molecule has 11 heavy (non-hydrogen) atoms. The Kier molecular flexibility index (Phi) is 4.97. The molecule has 0 spiro atoms. The van der Waals surface area contributed by atoms with E-state index in [9.17, 15) is 4.79 Å². The Labute approximate surface area is 64.4 Å². The van der Waals surface area contributed by atoms with E-state index in [0.717, 1.165) is 0 Å². The summed E-state index contributed by atoms with van der Waals surface area (Å²) in [6, 6.07) is -0.786. The molecule has 0 heterocycles. The molecule has 66 valence electrons. The van der Waals surface area contributed by atoms with Crippen LogP contribution in [0.15, 0.2) is 0 Å². The highest BCUT2D eigenvalue weighted by molar-refractivity contribution is 5.56. The Balaban J connectivity index is 3.66. The Morgan fingerprint density at radius 1 is 1.36 bits per heavy atom. The highest BCUT2D eigenvalue weighted by atomic mass is 16.4. The molecule has 0 aromatic heterocycles.